The molecule has 3 N–H and O–H groups in total. The number of hydrogen-bond donors (Lipinski definition) is 3. The number of carboxylic acid groups (broad SMARTS) is 1. The zero-order valence-corrected chi connectivity index (χ0v) is 20.6. The lowest BCUT2D eigenvalue weighted by molar-refractivity contribution is -0.274. The zero-order valence-electron chi connectivity index (χ0n) is 20.6. The highest BCUT2D eigenvalue weighted by atomic mass is 19.4. The fourth-order valence-electron chi connectivity index (χ4n) is 3.72. The maximum absolute atomic E-state index is 13.3. The number of nitrogens with one attached hydrogen (secondary N) is 1. The van der Waals surface area contributed by atoms with Crippen LogP contribution in [0.1, 0.15) is 48.7 Å². The van der Waals surface area contributed by atoms with Crippen LogP contribution in [-0.4, -0.2) is 34.5 Å². The van der Waals surface area contributed by atoms with Crippen LogP contribution in [0, 0.1) is 5.41 Å². The molecule has 3 rings (SSSR count). The Kier molecular flexibility index (Phi) is 8.32. The lowest BCUT2D eigenvalue weighted by atomic mass is 9.81. The van der Waals surface area contributed by atoms with E-state index in [9.17, 15) is 33.0 Å². The summed E-state index contributed by atoms with van der Waals surface area (Å²) in [5.74, 6) is -2.06. The van der Waals surface area contributed by atoms with E-state index in [4.69, 9.17) is 4.74 Å². The van der Waals surface area contributed by atoms with Gasteiger partial charge in [-0.3, -0.25) is 4.79 Å². The van der Waals surface area contributed by atoms with E-state index in [0.717, 1.165) is 12.1 Å². The molecule has 0 saturated carbocycles. The molecule has 1 atom stereocenters. The number of fused-ring (bicyclic) bond motifs is 1. The highest BCUT2D eigenvalue weighted by Crippen LogP contribution is 2.33. The summed E-state index contributed by atoms with van der Waals surface area (Å²) in [6, 6.07) is 12.3. The first-order valence-electron chi connectivity index (χ1n) is 11.5. The number of carboxylic acids is 1. The van der Waals surface area contributed by atoms with Gasteiger partial charge in [0.05, 0.1) is 12.2 Å². The normalized spacial score (nSPS) is 12.7. The number of carbonyl (C=O) groups is 2. The van der Waals surface area contributed by atoms with Crippen molar-refractivity contribution in [3.05, 3.63) is 71.3 Å². The number of rotatable bonds is 10. The summed E-state index contributed by atoms with van der Waals surface area (Å²) in [5, 5.41) is 23.2. The number of aliphatic hydroxyl groups is 1. The molecule has 0 unspecified atom stereocenters. The molecule has 3 aromatic rings. The number of alkyl halides is 3. The third-order valence-electron chi connectivity index (χ3n) is 6.22. The molecule has 3 aromatic carbocycles. The minimum Gasteiger partial charge on any atom is -0.487 e. The molecule has 0 spiro atoms. The van der Waals surface area contributed by atoms with Crippen molar-refractivity contribution in [2.75, 3.05) is 0 Å². The number of benzene rings is 3. The van der Waals surface area contributed by atoms with Crippen molar-refractivity contribution in [1.29, 1.82) is 0 Å². The molecule has 37 heavy (non-hydrogen) atoms. The summed E-state index contributed by atoms with van der Waals surface area (Å²) in [7, 11) is 0. The molecule has 0 bridgehead atoms. The fraction of sp³-hybridized carbons (Fsp3) is 0.333. The van der Waals surface area contributed by atoms with E-state index in [2.05, 4.69) is 10.1 Å². The van der Waals surface area contributed by atoms with Crippen LogP contribution in [0.15, 0.2) is 54.6 Å². The summed E-state index contributed by atoms with van der Waals surface area (Å²) in [6.45, 7) is 4.96. The van der Waals surface area contributed by atoms with Crippen LogP contribution in [0.2, 0.25) is 0 Å². The highest BCUT2D eigenvalue weighted by Gasteiger charge is 2.36. The smallest absolute Gasteiger partial charge is 0.487 e. The van der Waals surface area contributed by atoms with E-state index in [1.165, 1.54) is 18.2 Å². The second kappa shape index (κ2) is 11.1. The molecule has 0 fully saturated rings. The Morgan fingerprint density at radius 3 is 2.19 bits per heavy atom. The van der Waals surface area contributed by atoms with Gasteiger partial charge in [0.2, 0.25) is 0 Å². The van der Waals surface area contributed by atoms with Crippen LogP contribution >= 0.6 is 0 Å². The molecule has 7 nitrogen and oxygen atoms in total. The van der Waals surface area contributed by atoms with Gasteiger partial charge in [0.15, 0.2) is 0 Å². The van der Waals surface area contributed by atoms with Gasteiger partial charge in [-0.25, -0.2) is 4.79 Å². The second-order valence-corrected chi connectivity index (χ2v) is 9.22. The number of carbonyl (C=O) groups excluding carboxylic acids is 1. The Labute approximate surface area is 211 Å². The Balaban J connectivity index is 1.97. The molecule has 0 aliphatic carbocycles. The zero-order chi connectivity index (χ0) is 27.4. The van der Waals surface area contributed by atoms with Gasteiger partial charge in [0.1, 0.15) is 24.1 Å². The quantitative estimate of drug-likeness (QED) is 0.330. The minimum absolute atomic E-state index is 0.0813. The first-order chi connectivity index (χ1) is 17.3. The largest absolute Gasteiger partial charge is 0.573 e. The lowest BCUT2D eigenvalue weighted by Crippen LogP contribution is -2.50. The average molecular weight is 520 g/mol. The van der Waals surface area contributed by atoms with Crippen LogP contribution in [-0.2, 0) is 18.0 Å². The van der Waals surface area contributed by atoms with Gasteiger partial charge >= 0.3 is 12.3 Å². The van der Waals surface area contributed by atoms with Gasteiger partial charge in [-0.15, -0.1) is 13.2 Å². The average Bonchev–Trinajstić information content (AvgIpc) is 2.84. The molecule has 0 aliphatic heterocycles. The predicted octanol–water partition coefficient (Wildman–Crippen LogP) is 5.43. The monoisotopic (exact) mass is 519 g/mol. The molecule has 10 heteroatoms. The standard InChI is InChI=1S/C27H28F3NO6/c1-4-26(2,3)23(25(34)35)31-24(33)20-12-9-18-8-5-17(14-32)13-21(18)22(20)36-15-16-6-10-19(11-7-16)37-27(28,29)30/h5-13,23,32H,4,14-15H2,1-3H3,(H,31,33)(H,34,35)/t23-/m1/s1. The van der Waals surface area contributed by atoms with Crippen LogP contribution in [0.4, 0.5) is 13.2 Å². The molecule has 0 saturated heterocycles. The molecule has 0 heterocycles. The number of aliphatic carboxylic acids is 1. The number of ether oxygens (including phenoxy) is 2. The second-order valence-electron chi connectivity index (χ2n) is 9.22. The van der Waals surface area contributed by atoms with E-state index >= 15 is 0 Å². The van der Waals surface area contributed by atoms with Crippen molar-refractivity contribution in [1.82, 2.24) is 5.32 Å². The summed E-state index contributed by atoms with van der Waals surface area (Å²) in [4.78, 5) is 25.2. The van der Waals surface area contributed by atoms with Crippen molar-refractivity contribution in [2.24, 2.45) is 5.41 Å². The lowest BCUT2D eigenvalue weighted by Gasteiger charge is -2.31. The van der Waals surface area contributed by atoms with Crippen molar-refractivity contribution in [3.8, 4) is 11.5 Å². The number of hydrogen-bond acceptors (Lipinski definition) is 5. The van der Waals surface area contributed by atoms with Gasteiger partial charge in [-0.1, -0.05) is 51.1 Å². The minimum atomic E-state index is -4.81. The van der Waals surface area contributed by atoms with Crippen LogP contribution in [0.5, 0.6) is 11.5 Å². The van der Waals surface area contributed by atoms with Gasteiger partial charge in [0, 0.05) is 5.39 Å². The van der Waals surface area contributed by atoms with Crippen molar-refractivity contribution in [3.63, 3.8) is 0 Å². The topological polar surface area (TPSA) is 105 Å². The van der Waals surface area contributed by atoms with Crippen LogP contribution in [0.3, 0.4) is 0 Å². The van der Waals surface area contributed by atoms with Gasteiger partial charge in [-0.2, -0.15) is 0 Å². The van der Waals surface area contributed by atoms with Gasteiger partial charge in [-0.05, 0) is 52.6 Å². The van der Waals surface area contributed by atoms with E-state index in [0.29, 0.717) is 28.3 Å². The van der Waals surface area contributed by atoms with Gasteiger partial charge in [0.25, 0.3) is 5.91 Å². The van der Waals surface area contributed by atoms with E-state index in [-0.39, 0.29) is 30.3 Å². The Bertz CT molecular complexity index is 1270. The Morgan fingerprint density at radius 1 is 1.00 bits per heavy atom. The highest BCUT2D eigenvalue weighted by molar-refractivity contribution is 6.05. The summed E-state index contributed by atoms with van der Waals surface area (Å²) in [6.07, 6.45) is -4.31. The molecule has 198 valence electrons. The predicted molar refractivity (Wildman–Crippen MR) is 130 cm³/mol. The first kappa shape index (κ1) is 27.8. The van der Waals surface area contributed by atoms with Crippen LogP contribution < -0.4 is 14.8 Å². The number of halogens is 3. The van der Waals surface area contributed by atoms with E-state index in [1.54, 1.807) is 38.1 Å². The number of aliphatic hydroxyl groups excluding tert-OH is 1. The Morgan fingerprint density at radius 2 is 1.62 bits per heavy atom. The maximum Gasteiger partial charge on any atom is 0.573 e. The van der Waals surface area contributed by atoms with E-state index in [1.807, 2.05) is 6.92 Å². The van der Waals surface area contributed by atoms with E-state index < -0.39 is 29.7 Å². The van der Waals surface area contributed by atoms with Crippen molar-refractivity contribution < 1.29 is 42.4 Å². The van der Waals surface area contributed by atoms with Gasteiger partial charge < -0.3 is 25.0 Å². The summed E-state index contributed by atoms with van der Waals surface area (Å²) < 4.78 is 47.2. The molecular weight excluding hydrogens is 491 g/mol. The SMILES string of the molecule is CCC(C)(C)[C@H](NC(=O)c1ccc2ccc(CO)cc2c1OCc1ccc(OC(F)(F)F)cc1)C(=O)O. The molecule has 0 aromatic heterocycles. The Hall–Kier alpha value is -3.79. The first-order valence-corrected chi connectivity index (χ1v) is 11.5. The molecule has 0 aliphatic rings. The third-order valence-corrected chi connectivity index (χ3v) is 6.22. The van der Waals surface area contributed by atoms with Crippen molar-refractivity contribution in [2.45, 2.75) is 52.8 Å². The number of amides is 1. The van der Waals surface area contributed by atoms with Crippen molar-refractivity contribution >= 4 is 22.6 Å². The maximum atomic E-state index is 13.3. The summed E-state index contributed by atoms with van der Waals surface area (Å²) >= 11 is 0. The van der Waals surface area contributed by atoms with Crippen LogP contribution in [0.25, 0.3) is 10.8 Å². The fourth-order valence-corrected chi connectivity index (χ4v) is 3.72. The molecular formula is C27H28F3NO6. The molecule has 0 radical (unpaired) electrons. The molecule has 1 amide bonds. The third kappa shape index (κ3) is 6.91. The summed E-state index contributed by atoms with van der Waals surface area (Å²) in [5.41, 5.74) is 0.424.